The number of nitriles is 1. The van der Waals surface area contributed by atoms with E-state index in [0.717, 1.165) is 24.0 Å². The van der Waals surface area contributed by atoms with Crippen molar-refractivity contribution in [2.24, 2.45) is 0 Å². The summed E-state index contributed by atoms with van der Waals surface area (Å²) in [6.45, 7) is 0. The average molecular weight is 200 g/mol. The molecular weight excluding hydrogens is 188 g/mol. The maximum absolute atomic E-state index is 8.69. The smallest absolute Gasteiger partial charge is 0.149 e. The fourth-order valence-electron chi connectivity index (χ4n) is 2.04. The average Bonchev–Trinajstić information content (AvgIpc) is 2.63. The molecule has 0 radical (unpaired) electrons. The molecule has 0 spiro atoms. The molecule has 1 aromatic rings. The van der Waals surface area contributed by atoms with Crippen molar-refractivity contribution in [3.05, 3.63) is 29.3 Å². The van der Waals surface area contributed by atoms with E-state index in [1.165, 1.54) is 5.56 Å². The second kappa shape index (κ2) is 3.66. The third kappa shape index (κ3) is 1.44. The van der Waals surface area contributed by atoms with Crippen LogP contribution in [-0.4, -0.2) is 7.11 Å². The summed E-state index contributed by atoms with van der Waals surface area (Å²) >= 11 is 0. The van der Waals surface area contributed by atoms with Gasteiger partial charge < -0.3 is 10.5 Å². The number of hydrogen-bond donors (Lipinski definition) is 1. The highest BCUT2D eigenvalue weighted by molar-refractivity contribution is 5.82. The van der Waals surface area contributed by atoms with Crippen LogP contribution in [0, 0.1) is 11.3 Å². The first-order valence-corrected chi connectivity index (χ1v) is 4.82. The van der Waals surface area contributed by atoms with Crippen LogP contribution in [0.1, 0.15) is 17.5 Å². The number of ether oxygens (including phenoxy) is 1. The van der Waals surface area contributed by atoms with Crippen molar-refractivity contribution in [2.45, 2.75) is 12.8 Å². The van der Waals surface area contributed by atoms with Crippen molar-refractivity contribution in [1.29, 1.82) is 5.26 Å². The lowest BCUT2D eigenvalue weighted by Crippen LogP contribution is -1.96. The highest BCUT2D eigenvalue weighted by Crippen LogP contribution is 2.41. The number of allylic oxidation sites excluding steroid dienone is 2. The number of hydrogen-bond acceptors (Lipinski definition) is 3. The van der Waals surface area contributed by atoms with E-state index >= 15 is 0 Å². The lowest BCUT2D eigenvalue weighted by Gasteiger charge is -2.10. The first-order valence-electron chi connectivity index (χ1n) is 4.82. The lowest BCUT2D eigenvalue weighted by atomic mass is 10.0. The molecule has 0 fully saturated rings. The fourth-order valence-corrected chi connectivity index (χ4v) is 2.04. The van der Waals surface area contributed by atoms with Crippen molar-refractivity contribution < 1.29 is 4.74 Å². The van der Waals surface area contributed by atoms with Crippen LogP contribution in [0.2, 0.25) is 0 Å². The topological polar surface area (TPSA) is 59.0 Å². The minimum absolute atomic E-state index is 0.627. The number of methoxy groups -OCH3 is 1. The van der Waals surface area contributed by atoms with Gasteiger partial charge in [0.15, 0.2) is 0 Å². The Morgan fingerprint density at radius 3 is 2.93 bits per heavy atom. The van der Waals surface area contributed by atoms with Crippen molar-refractivity contribution >= 4 is 11.3 Å². The molecule has 1 aliphatic carbocycles. The van der Waals surface area contributed by atoms with Crippen LogP contribution >= 0.6 is 0 Å². The molecule has 0 saturated carbocycles. The Hall–Kier alpha value is -1.95. The van der Waals surface area contributed by atoms with Gasteiger partial charge in [-0.3, -0.25) is 0 Å². The zero-order valence-electron chi connectivity index (χ0n) is 8.58. The number of aryl methyl sites for hydroxylation is 1. The highest BCUT2D eigenvalue weighted by atomic mass is 16.5. The van der Waals surface area contributed by atoms with Crippen molar-refractivity contribution in [1.82, 2.24) is 0 Å². The molecule has 3 nitrogen and oxygen atoms in total. The summed E-state index contributed by atoms with van der Waals surface area (Å²) in [5.74, 6) is 0.700. The Balaban J connectivity index is 2.65. The Morgan fingerprint density at radius 1 is 1.47 bits per heavy atom. The largest absolute Gasteiger partial charge is 0.494 e. The number of anilines is 1. The second-order valence-corrected chi connectivity index (χ2v) is 3.52. The minimum Gasteiger partial charge on any atom is -0.494 e. The van der Waals surface area contributed by atoms with Gasteiger partial charge in [0.25, 0.3) is 0 Å². The van der Waals surface area contributed by atoms with E-state index in [-0.39, 0.29) is 0 Å². The summed E-state index contributed by atoms with van der Waals surface area (Å²) in [6, 6.07) is 5.92. The molecule has 0 bridgehead atoms. The first kappa shape index (κ1) is 9.60. The lowest BCUT2D eigenvalue weighted by molar-refractivity contribution is 0.415. The van der Waals surface area contributed by atoms with Gasteiger partial charge in [0.05, 0.1) is 18.9 Å². The predicted molar refractivity (Wildman–Crippen MR) is 59.3 cm³/mol. The normalized spacial score (nSPS) is 16.1. The predicted octanol–water partition coefficient (Wildman–Crippen LogP) is 2.13. The van der Waals surface area contributed by atoms with Crippen LogP contribution in [0.15, 0.2) is 18.2 Å². The van der Waals surface area contributed by atoms with E-state index in [1.807, 2.05) is 12.1 Å². The monoisotopic (exact) mass is 200 g/mol. The molecular formula is C12H12N2O. The van der Waals surface area contributed by atoms with Gasteiger partial charge in [-0.1, -0.05) is 6.07 Å². The third-order valence-corrected chi connectivity index (χ3v) is 2.70. The molecule has 2 N–H and O–H groups in total. The zero-order chi connectivity index (χ0) is 10.8. The van der Waals surface area contributed by atoms with Gasteiger partial charge >= 0.3 is 0 Å². The number of rotatable bonds is 1. The van der Waals surface area contributed by atoms with Crippen molar-refractivity contribution in [2.75, 3.05) is 12.8 Å². The maximum Gasteiger partial charge on any atom is 0.149 e. The fraction of sp³-hybridized carbons (Fsp3) is 0.250. The van der Waals surface area contributed by atoms with Gasteiger partial charge in [0.2, 0.25) is 0 Å². The molecule has 0 amide bonds. The van der Waals surface area contributed by atoms with E-state index in [0.29, 0.717) is 11.4 Å². The highest BCUT2D eigenvalue weighted by Gasteiger charge is 2.21. The summed E-state index contributed by atoms with van der Waals surface area (Å²) in [5.41, 5.74) is 9.70. The molecule has 0 saturated heterocycles. The zero-order valence-corrected chi connectivity index (χ0v) is 8.58. The van der Waals surface area contributed by atoms with Gasteiger partial charge in [-0.15, -0.1) is 0 Å². The summed E-state index contributed by atoms with van der Waals surface area (Å²) in [7, 11) is 1.61. The molecule has 76 valence electrons. The Kier molecular flexibility index (Phi) is 2.34. The SMILES string of the molecule is COc1c(N)ccc2c1C(=CC#N)CC2. The second-order valence-electron chi connectivity index (χ2n) is 3.52. The molecule has 0 heterocycles. The van der Waals surface area contributed by atoms with Crippen LogP contribution in [0.4, 0.5) is 5.69 Å². The van der Waals surface area contributed by atoms with Gasteiger partial charge in [-0.25, -0.2) is 0 Å². The molecule has 15 heavy (non-hydrogen) atoms. The number of nitrogen functional groups attached to an aromatic ring is 1. The molecule has 0 atom stereocenters. The molecule has 1 aliphatic rings. The molecule has 1 aromatic carbocycles. The number of benzene rings is 1. The van der Waals surface area contributed by atoms with E-state index in [1.54, 1.807) is 13.2 Å². The number of fused-ring (bicyclic) bond motifs is 1. The van der Waals surface area contributed by atoms with Crippen LogP contribution in [0.5, 0.6) is 5.75 Å². The summed E-state index contributed by atoms with van der Waals surface area (Å²) < 4.78 is 5.29. The molecule has 2 rings (SSSR count). The minimum atomic E-state index is 0.627. The maximum atomic E-state index is 8.69. The van der Waals surface area contributed by atoms with E-state index in [2.05, 4.69) is 6.07 Å². The van der Waals surface area contributed by atoms with Crippen LogP contribution in [0.3, 0.4) is 0 Å². The van der Waals surface area contributed by atoms with E-state index < -0.39 is 0 Å². The van der Waals surface area contributed by atoms with Crippen molar-refractivity contribution in [3.8, 4) is 11.8 Å². The van der Waals surface area contributed by atoms with Gasteiger partial charge in [0.1, 0.15) is 5.75 Å². The third-order valence-electron chi connectivity index (χ3n) is 2.70. The van der Waals surface area contributed by atoms with Gasteiger partial charge in [0, 0.05) is 11.6 Å². The standard InChI is InChI=1S/C12H12N2O/c1-15-12-10(14)5-4-8-2-3-9(6-7-13)11(8)12/h4-6H,2-3,14H2,1H3. The first-order chi connectivity index (χ1) is 7.27. The quantitative estimate of drug-likeness (QED) is 0.558. The number of nitrogens with two attached hydrogens (primary N) is 1. The molecule has 3 heteroatoms. The molecule has 0 unspecified atom stereocenters. The van der Waals surface area contributed by atoms with Gasteiger partial charge in [-0.05, 0) is 30.0 Å². The van der Waals surface area contributed by atoms with E-state index in [9.17, 15) is 0 Å². The molecule has 0 aromatic heterocycles. The number of nitrogens with zero attached hydrogens (tertiary/aromatic N) is 1. The Labute approximate surface area is 88.8 Å². The van der Waals surface area contributed by atoms with Crippen LogP contribution in [0.25, 0.3) is 5.57 Å². The summed E-state index contributed by atoms with van der Waals surface area (Å²) in [5, 5.41) is 8.69. The van der Waals surface area contributed by atoms with Crippen LogP contribution in [-0.2, 0) is 6.42 Å². The van der Waals surface area contributed by atoms with Gasteiger partial charge in [-0.2, -0.15) is 5.26 Å². The molecule has 0 aliphatic heterocycles. The van der Waals surface area contributed by atoms with E-state index in [4.69, 9.17) is 15.7 Å². The summed E-state index contributed by atoms with van der Waals surface area (Å²) in [6.07, 6.45) is 3.43. The summed E-state index contributed by atoms with van der Waals surface area (Å²) in [4.78, 5) is 0. The Morgan fingerprint density at radius 2 is 2.27 bits per heavy atom. The Bertz CT molecular complexity index is 469. The van der Waals surface area contributed by atoms with Crippen molar-refractivity contribution in [3.63, 3.8) is 0 Å². The van der Waals surface area contributed by atoms with Crippen LogP contribution < -0.4 is 10.5 Å².